The fourth-order valence-electron chi connectivity index (χ4n) is 3.36. The van der Waals surface area contributed by atoms with Gasteiger partial charge in [0, 0.05) is 17.4 Å². The van der Waals surface area contributed by atoms with Crippen molar-refractivity contribution in [3.63, 3.8) is 0 Å². The van der Waals surface area contributed by atoms with E-state index in [-0.39, 0.29) is 69.0 Å². The Balaban J connectivity index is 0.00000144. The third kappa shape index (κ3) is 2.73. The third-order valence-corrected chi connectivity index (χ3v) is 4.53. The van der Waals surface area contributed by atoms with Gasteiger partial charge in [0.1, 0.15) is 5.76 Å². The summed E-state index contributed by atoms with van der Waals surface area (Å²) in [5, 5.41) is 0. The number of hydrogen-bond acceptors (Lipinski definition) is 4. The molecule has 22 heavy (non-hydrogen) atoms. The SMILES string of the molecule is O=S(=O)([O-])OC1=C2C=CC3=CC=CC4=CC=C(C=C1)C2C34.[K+]. The van der Waals surface area contributed by atoms with Crippen molar-refractivity contribution in [1.29, 1.82) is 0 Å². The normalized spacial score (nSPS) is 27.4. The first-order valence-corrected chi connectivity index (χ1v) is 7.92. The topological polar surface area (TPSA) is 66.4 Å². The van der Waals surface area contributed by atoms with E-state index in [9.17, 15) is 13.0 Å². The Morgan fingerprint density at radius 2 is 1.50 bits per heavy atom. The molecule has 0 radical (unpaired) electrons. The molecule has 106 valence electrons. The summed E-state index contributed by atoms with van der Waals surface area (Å²) < 4.78 is 37.3. The Hall–Kier alpha value is -0.474. The van der Waals surface area contributed by atoms with E-state index >= 15 is 0 Å². The molecule has 0 amide bonds. The second-order valence-corrected chi connectivity index (χ2v) is 6.28. The van der Waals surface area contributed by atoms with Gasteiger partial charge >= 0.3 is 51.4 Å². The average molecular weight is 338 g/mol. The minimum Gasteiger partial charge on any atom is -0.716 e. The van der Waals surface area contributed by atoms with Crippen LogP contribution in [0.25, 0.3) is 0 Å². The van der Waals surface area contributed by atoms with Gasteiger partial charge < -0.3 is 8.74 Å². The van der Waals surface area contributed by atoms with Crippen LogP contribution < -0.4 is 51.4 Å². The summed E-state index contributed by atoms with van der Waals surface area (Å²) in [6.45, 7) is 0. The second kappa shape index (κ2) is 5.87. The molecular weight excluding hydrogens is 327 g/mol. The van der Waals surface area contributed by atoms with Crippen LogP contribution in [0.15, 0.2) is 82.7 Å². The van der Waals surface area contributed by atoms with E-state index in [0.29, 0.717) is 0 Å². The minimum absolute atomic E-state index is 0. The minimum atomic E-state index is -4.77. The number of hydrogen-bond donors (Lipinski definition) is 0. The van der Waals surface area contributed by atoms with Crippen molar-refractivity contribution >= 4 is 10.4 Å². The van der Waals surface area contributed by atoms with E-state index in [1.54, 1.807) is 6.08 Å². The maximum Gasteiger partial charge on any atom is 1.00 e. The monoisotopic (exact) mass is 338 g/mol. The molecule has 2 unspecified atom stereocenters. The Labute approximate surface area is 171 Å². The molecular formula is C16H11KO4S. The molecule has 0 heterocycles. The zero-order chi connectivity index (χ0) is 14.6. The molecule has 0 aromatic heterocycles. The van der Waals surface area contributed by atoms with Gasteiger partial charge in [0.05, 0.1) is 0 Å². The van der Waals surface area contributed by atoms with Crippen LogP contribution in [0.2, 0.25) is 0 Å². The third-order valence-electron chi connectivity index (χ3n) is 4.15. The van der Waals surface area contributed by atoms with Crippen LogP contribution in [0.1, 0.15) is 0 Å². The molecule has 0 saturated heterocycles. The van der Waals surface area contributed by atoms with Crippen molar-refractivity contribution in [2.24, 2.45) is 11.8 Å². The molecule has 0 aromatic rings. The molecule has 0 bridgehead atoms. The predicted octanol–water partition coefficient (Wildman–Crippen LogP) is -0.544. The van der Waals surface area contributed by atoms with Gasteiger partial charge in [-0.15, -0.1) is 0 Å². The first kappa shape index (κ1) is 16.4. The average Bonchev–Trinajstić information content (AvgIpc) is 2.45. The van der Waals surface area contributed by atoms with E-state index in [2.05, 4.69) is 22.4 Å². The second-order valence-electron chi connectivity index (χ2n) is 5.29. The molecule has 0 aromatic carbocycles. The molecule has 0 N–H and O–H groups in total. The van der Waals surface area contributed by atoms with Gasteiger partial charge in [-0.2, -0.15) is 0 Å². The standard InChI is InChI=1S/C16H12O4S.K/c17-21(18,19)20-14-9-7-12-5-4-10-2-1-3-11-6-8-13(14)16(12)15(10)11;/h1-9,15-16H,(H,17,18,19);/q;+1/p-1. The molecule has 0 saturated carbocycles. The largest absolute Gasteiger partial charge is 1.00 e. The van der Waals surface area contributed by atoms with Crippen molar-refractivity contribution in [1.82, 2.24) is 0 Å². The molecule has 2 atom stereocenters. The van der Waals surface area contributed by atoms with Gasteiger partial charge in [-0.3, -0.25) is 0 Å². The van der Waals surface area contributed by atoms with Gasteiger partial charge in [0.2, 0.25) is 0 Å². The molecule has 0 fully saturated rings. The van der Waals surface area contributed by atoms with Crippen molar-refractivity contribution in [3.05, 3.63) is 82.7 Å². The maximum absolute atomic E-state index is 10.9. The summed E-state index contributed by atoms with van der Waals surface area (Å²) in [5.74, 6) is 0.291. The van der Waals surface area contributed by atoms with E-state index in [1.165, 1.54) is 11.1 Å². The first-order valence-electron chi connectivity index (χ1n) is 6.58. The van der Waals surface area contributed by atoms with Crippen LogP contribution in [0.3, 0.4) is 0 Å². The van der Waals surface area contributed by atoms with Crippen LogP contribution in [0.4, 0.5) is 0 Å². The fraction of sp³-hybridized carbons (Fsp3) is 0.125. The zero-order valence-electron chi connectivity index (χ0n) is 11.9. The Bertz CT molecular complexity index is 851. The number of allylic oxidation sites excluding steroid dienone is 13. The Kier molecular flexibility index (Phi) is 4.37. The molecule has 4 aliphatic carbocycles. The van der Waals surface area contributed by atoms with Gasteiger partial charge in [-0.05, 0) is 22.8 Å². The zero-order valence-corrected chi connectivity index (χ0v) is 15.8. The van der Waals surface area contributed by atoms with Crippen molar-refractivity contribution in [2.75, 3.05) is 0 Å². The molecule has 4 nitrogen and oxygen atoms in total. The van der Waals surface area contributed by atoms with E-state index in [4.69, 9.17) is 0 Å². The summed E-state index contributed by atoms with van der Waals surface area (Å²) >= 11 is 0. The van der Waals surface area contributed by atoms with Crippen LogP contribution in [-0.4, -0.2) is 13.0 Å². The van der Waals surface area contributed by atoms with Crippen LogP contribution in [-0.2, 0) is 14.6 Å². The quantitative estimate of drug-likeness (QED) is 0.385. The molecule has 6 heteroatoms. The molecule has 4 aliphatic rings. The smallest absolute Gasteiger partial charge is 0.716 e. The molecule has 0 aliphatic heterocycles. The summed E-state index contributed by atoms with van der Waals surface area (Å²) in [4.78, 5) is 0. The number of rotatable bonds is 2. The Morgan fingerprint density at radius 3 is 2.23 bits per heavy atom. The van der Waals surface area contributed by atoms with Crippen molar-refractivity contribution < 1.29 is 68.5 Å². The first-order chi connectivity index (χ1) is 10.0. The summed E-state index contributed by atoms with van der Waals surface area (Å²) in [6, 6.07) is 0. The maximum atomic E-state index is 10.9. The van der Waals surface area contributed by atoms with Crippen LogP contribution in [0.5, 0.6) is 0 Å². The van der Waals surface area contributed by atoms with Gasteiger partial charge in [0.25, 0.3) is 10.4 Å². The fourth-order valence-corrected chi connectivity index (χ4v) is 3.73. The summed E-state index contributed by atoms with van der Waals surface area (Å²) in [7, 11) is -4.77. The summed E-state index contributed by atoms with van der Waals surface area (Å²) in [6.07, 6.45) is 17.4. The van der Waals surface area contributed by atoms with E-state index in [1.807, 2.05) is 30.4 Å². The van der Waals surface area contributed by atoms with E-state index < -0.39 is 10.4 Å². The predicted molar refractivity (Wildman–Crippen MR) is 76.5 cm³/mol. The Morgan fingerprint density at radius 1 is 0.864 bits per heavy atom. The summed E-state index contributed by atoms with van der Waals surface area (Å²) in [5.41, 5.74) is 4.21. The van der Waals surface area contributed by atoms with Gasteiger partial charge in [-0.25, -0.2) is 8.42 Å². The van der Waals surface area contributed by atoms with Crippen LogP contribution >= 0.6 is 0 Å². The van der Waals surface area contributed by atoms with Gasteiger partial charge in [-0.1, -0.05) is 48.6 Å². The molecule has 0 spiro atoms. The van der Waals surface area contributed by atoms with Crippen molar-refractivity contribution in [2.45, 2.75) is 0 Å². The van der Waals surface area contributed by atoms with Gasteiger partial charge in [0.15, 0.2) is 0 Å². The van der Waals surface area contributed by atoms with E-state index in [0.717, 1.165) is 11.1 Å². The van der Waals surface area contributed by atoms with Crippen molar-refractivity contribution in [3.8, 4) is 0 Å². The molecule has 4 rings (SSSR count). The van der Waals surface area contributed by atoms with Crippen LogP contribution in [0, 0.1) is 11.8 Å².